The minimum atomic E-state index is -0.394. The number of amides is 4. The maximum Gasteiger partial charge on any atom is 0.271 e. The number of ether oxygens (including phenoxy) is 9. The average Bonchev–Trinajstić information content (AvgIpc) is 1.66. The Labute approximate surface area is 767 Å². The Morgan fingerprint density at radius 2 is 0.600 bits per heavy atom. The van der Waals surface area contributed by atoms with Gasteiger partial charge in [0.2, 0.25) is 0 Å². The lowest BCUT2D eigenvalue weighted by atomic mass is 10.1. The molecule has 8 aliphatic rings. The molecule has 0 unspecified atom stereocenters. The quantitative estimate of drug-likeness (QED) is 0.0688. The number of aliphatic imine (C=N–C) groups is 4. The van der Waals surface area contributed by atoms with Gasteiger partial charge >= 0.3 is 0 Å². The summed E-state index contributed by atoms with van der Waals surface area (Å²) in [5.74, 6) is 5.11. The van der Waals surface area contributed by atoms with E-state index in [9.17, 15) is 28.0 Å². The van der Waals surface area contributed by atoms with Crippen molar-refractivity contribution >= 4 is 133 Å². The molecule has 21 nitrogen and oxygen atoms in total. The van der Waals surface area contributed by atoms with Crippen LogP contribution in [0.4, 0.5) is 25.8 Å². The van der Waals surface area contributed by atoms with Gasteiger partial charge in [-0.3, -0.25) is 58.7 Å². The Morgan fingerprint density at radius 3 is 0.977 bits per heavy atom. The number of halogens is 2. The van der Waals surface area contributed by atoms with Crippen LogP contribution in [0.2, 0.25) is 0 Å². The number of hydrogen-bond donors (Lipinski definition) is 0. The second-order valence-corrected chi connectivity index (χ2v) is 33.7. The van der Waals surface area contributed by atoms with E-state index in [4.69, 9.17) is 57.6 Å². The first kappa shape index (κ1) is 87.7. The Hall–Kier alpha value is -14.4. The fraction of sp³-hybridized carbons (Fsp3) is 0.146. The molecule has 0 saturated carbocycles. The molecule has 12 aromatic carbocycles. The highest BCUT2D eigenvalue weighted by molar-refractivity contribution is 8.20. The monoisotopic (exact) mass is 1810 g/mol. The van der Waals surface area contributed by atoms with Crippen molar-refractivity contribution in [2.24, 2.45) is 20.0 Å². The topological polar surface area (TPSA) is 214 Å². The first-order valence-corrected chi connectivity index (χ1v) is 45.1. The molecule has 0 atom stereocenters. The van der Waals surface area contributed by atoms with Crippen molar-refractivity contribution in [2.45, 2.75) is 32.6 Å². The van der Waals surface area contributed by atoms with E-state index < -0.39 is 5.82 Å². The zero-order valence-electron chi connectivity index (χ0n) is 70.3. The molecule has 4 fully saturated rings. The van der Waals surface area contributed by atoms with Gasteiger partial charge in [-0.2, -0.15) is 0 Å². The number of para-hydroxylation sites is 1. The minimum absolute atomic E-state index is 0.0412. The van der Waals surface area contributed by atoms with Gasteiger partial charge in [0.15, 0.2) is 66.7 Å². The standard InChI is InChI=1S/C26H22N2O4S.2C26H22N2O3S.C25H18F2N2O3S/c1-30-21-10-8-20(9-11-21)28-25(29)24(33-26(28)27-17-18-5-3-2-4-6-18)16-19-7-12-22-23(15-19)32-14-13-31-22;29-25-24(16-21-11-12-22-23(15-21)31-14-13-30-22)32-26(27-17-19-7-3-1-4-8-19)28(25)18-20-9-5-2-6-10-20;29-25-24(18-20-11-12-22-23(17-20)31-16-15-30-22)32-26(28(25)21-9-5-2-6-10-21)27-14-13-19-7-3-1-4-8-19;26-18-4-1-16(2-5-18)15-28-25-29(20-8-6-19(27)7-9-20)24(30)23(33-25)14-17-3-10-21-22(13-17)32-12-11-31-21/h2-12,15-16H,13-14,17H2,1H3;1-12,15-16H,13-14,17-18H2;1-12,17-18H,13-16H2;1-10,13-14H,11-12,15H2/b2*24-16-,27-26?;24-18-,27-26?;23-14-,28-25?. The number of thioether (sulfide) groups is 4. The first-order chi connectivity index (χ1) is 63.8. The molecular weight excluding hydrogens is 1720 g/mol. The van der Waals surface area contributed by atoms with Crippen molar-refractivity contribution in [3.8, 4) is 51.7 Å². The van der Waals surface area contributed by atoms with Gasteiger partial charge in [-0.1, -0.05) is 176 Å². The molecule has 0 bridgehead atoms. The lowest BCUT2D eigenvalue weighted by molar-refractivity contribution is -0.122. The zero-order chi connectivity index (χ0) is 88.9. The van der Waals surface area contributed by atoms with E-state index >= 15 is 0 Å². The second-order valence-electron chi connectivity index (χ2n) is 29.7. The van der Waals surface area contributed by atoms with Crippen LogP contribution in [0.15, 0.2) is 337 Å². The number of fused-ring (bicyclic) bond motifs is 4. The van der Waals surface area contributed by atoms with Crippen molar-refractivity contribution in [3.63, 3.8) is 0 Å². The van der Waals surface area contributed by atoms with Crippen molar-refractivity contribution in [3.05, 3.63) is 379 Å². The van der Waals surface area contributed by atoms with Gasteiger partial charge in [0.05, 0.1) is 70.0 Å². The molecule has 20 rings (SSSR count). The highest BCUT2D eigenvalue weighted by atomic mass is 32.2. The Bertz CT molecular complexity index is 6380. The fourth-order valence-corrected chi connectivity index (χ4v) is 18.2. The highest BCUT2D eigenvalue weighted by Crippen LogP contribution is 2.44. The van der Waals surface area contributed by atoms with Crippen LogP contribution in [0.25, 0.3) is 24.3 Å². The van der Waals surface area contributed by atoms with Crippen LogP contribution in [0, 0.1) is 11.6 Å². The van der Waals surface area contributed by atoms with Crippen LogP contribution in [0.1, 0.15) is 50.1 Å². The van der Waals surface area contributed by atoms with Crippen molar-refractivity contribution in [1.82, 2.24) is 4.90 Å². The molecule has 27 heteroatoms. The number of hydrogen-bond acceptors (Lipinski definition) is 21. The predicted molar refractivity (Wildman–Crippen MR) is 512 cm³/mol. The minimum Gasteiger partial charge on any atom is -0.497 e. The van der Waals surface area contributed by atoms with Gasteiger partial charge in [0.25, 0.3) is 23.6 Å². The van der Waals surface area contributed by atoms with Crippen molar-refractivity contribution < 1.29 is 70.6 Å². The van der Waals surface area contributed by atoms with Crippen LogP contribution in [-0.4, -0.2) is 116 Å². The largest absolute Gasteiger partial charge is 0.497 e. The molecular formula is C103H84F2N8O13S4. The molecule has 0 spiro atoms. The van der Waals surface area contributed by atoms with Gasteiger partial charge in [-0.05, 0) is 249 Å². The Morgan fingerprint density at radius 1 is 0.308 bits per heavy atom. The van der Waals surface area contributed by atoms with Crippen LogP contribution in [0.3, 0.4) is 0 Å². The molecule has 0 aromatic heterocycles. The molecule has 12 aromatic rings. The lowest BCUT2D eigenvalue weighted by Crippen LogP contribution is -2.29. The van der Waals surface area contributed by atoms with Gasteiger partial charge in [0.1, 0.15) is 70.2 Å². The van der Waals surface area contributed by atoms with E-state index in [1.807, 2.05) is 255 Å². The second kappa shape index (κ2) is 42.5. The third-order valence-corrected chi connectivity index (χ3v) is 24.7. The third kappa shape index (κ3) is 22.2. The number of methoxy groups -OCH3 is 1. The summed E-state index contributed by atoms with van der Waals surface area (Å²) in [5.41, 5.74) is 10.8. The number of benzene rings is 12. The maximum absolute atomic E-state index is 13.5. The lowest BCUT2D eigenvalue weighted by Gasteiger charge is -2.18. The third-order valence-electron chi connectivity index (χ3n) is 20.7. The number of rotatable bonds is 19. The molecule has 4 amide bonds. The summed E-state index contributed by atoms with van der Waals surface area (Å²) in [6.07, 6.45) is 8.24. The van der Waals surface area contributed by atoms with E-state index in [1.54, 1.807) is 40.0 Å². The van der Waals surface area contributed by atoms with Crippen LogP contribution in [-0.2, 0) is 51.8 Å². The molecule has 0 radical (unpaired) electrons. The molecule has 652 valence electrons. The zero-order valence-corrected chi connectivity index (χ0v) is 73.5. The smallest absolute Gasteiger partial charge is 0.271 e. The highest BCUT2D eigenvalue weighted by Gasteiger charge is 2.39. The van der Waals surface area contributed by atoms with Gasteiger partial charge in [-0.25, -0.2) is 8.78 Å². The molecule has 0 aliphatic carbocycles. The Balaban J connectivity index is 0.000000121. The molecule has 130 heavy (non-hydrogen) atoms. The maximum atomic E-state index is 13.5. The SMILES string of the molecule is COc1ccc(N2C(=O)/C(=C/c3ccc4c(c3)OCCO4)SC2=NCc2ccccc2)cc1.O=C1/C(=C/c2ccc3c(c2)OCCO3)SC(=NCCc2ccccc2)N1c1ccccc1.O=C1/C(=C/c2ccc3c(c2)OCCO3)SC(=NCc2ccc(F)cc2)N1c1ccc(F)cc1.O=C1/C(=C/c2ccc3c(c2)OCCO3)SC(=NCc2ccccc2)N1Cc1ccccc1. The van der Waals surface area contributed by atoms with E-state index in [2.05, 4.69) is 17.1 Å². The van der Waals surface area contributed by atoms with E-state index in [0.717, 1.165) is 85.3 Å². The predicted octanol–water partition coefficient (Wildman–Crippen LogP) is 20.9. The number of anilines is 3. The summed E-state index contributed by atoms with van der Waals surface area (Å²) in [7, 11) is 1.62. The number of carbonyl (C=O) groups is 4. The number of amidine groups is 4. The van der Waals surface area contributed by atoms with Crippen LogP contribution >= 0.6 is 47.0 Å². The van der Waals surface area contributed by atoms with Crippen LogP contribution < -0.4 is 57.3 Å². The van der Waals surface area contributed by atoms with Crippen LogP contribution in [0.5, 0.6) is 51.7 Å². The molecule has 0 N–H and O–H groups in total. The summed E-state index contributed by atoms with van der Waals surface area (Å²) in [6, 6.07) is 91.7. The van der Waals surface area contributed by atoms with Gasteiger partial charge in [-0.15, -0.1) is 0 Å². The van der Waals surface area contributed by atoms with Gasteiger partial charge < -0.3 is 42.6 Å². The number of carbonyl (C=O) groups excluding carboxylic acids is 4. The van der Waals surface area contributed by atoms with E-state index in [0.29, 0.717) is 154 Å². The Kier molecular flexibility index (Phi) is 28.7. The first-order valence-electron chi connectivity index (χ1n) is 41.9. The summed E-state index contributed by atoms with van der Waals surface area (Å²) in [6.45, 7) is 6.57. The molecule has 8 heterocycles. The summed E-state index contributed by atoms with van der Waals surface area (Å²) < 4.78 is 77.0. The molecule has 4 saturated heterocycles. The summed E-state index contributed by atoms with van der Waals surface area (Å²) >= 11 is 5.41. The molecule has 8 aliphatic heterocycles. The van der Waals surface area contributed by atoms with E-state index in [-0.39, 0.29) is 36.0 Å². The number of nitrogens with zero attached hydrogens (tertiary/aromatic N) is 8. The average molecular weight is 1810 g/mol. The summed E-state index contributed by atoms with van der Waals surface area (Å²) in [4.78, 5) is 81.2. The van der Waals surface area contributed by atoms with Gasteiger partial charge in [0, 0.05) is 6.54 Å². The summed E-state index contributed by atoms with van der Waals surface area (Å²) in [5, 5.41) is 2.50. The van der Waals surface area contributed by atoms with Crippen molar-refractivity contribution in [2.75, 3.05) is 81.2 Å². The fourth-order valence-electron chi connectivity index (χ4n) is 14.2. The van der Waals surface area contributed by atoms with Crippen molar-refractivity contribution in [1.29, 1.82) is 0 Å². The van der Waals surface area contributed by atoms with E-state index in [1.165, 1.54) is 93.9 Å². The normalized spacial score (nSPS) is 17.8.